The Labute approximate surface area is 118 Å². The van der Waals surface area contributed by atoms with E-state index in [0.717, 1.165) is 6.07 Å². The van der Waals surface area contributed by atoms with E-state index >= 15 is 0 Å². The molecule has 1 saturated heterocycles. The molecule has 5 nitrogen and oxygen atoms in total. The number of hydrazine groups is 1. The highest BCUT2D eigenvalue weighted by molar-refractivity contribution is 7.89. The van der Waals surface area contributed by atoms with E-state index in [4.69, 9.17) is 0 Å². The first kappa shape index (κ1) is 13.9. The first-order chi connectivity index (χ1) is 9.49. The van der Waals surface area contributed by atoms with Crippen molar-refractivity contribution >= 4 is 10.0 Å². The quantitative estimate of drug-likeness (QED) is 0.774. The highest BCUT2D eigenvalue weighted by Gasteiger charge is 2.43. The third-order valence-corrected chi connectivity index (χ3v) is 5.51. The average molecular weight is 299 g/mol. The molecule has 110 valence electrons. The first-order valence-corrected chi connectivity index (χ1v) is 8.25. The topological polar surface area (TPSA) is 70.2 Å². The summed E-state index contributed by atoms with van der Waals surface area (Å²) in [4.78, 5) is -0.316. The molecule has 1 aromatic rings. The molecular weight excluding hydrogens is 281 g/mol. The van der Waals surface area contributed by atoms with Gasteiger partial charge in [0.1, 0.15) is 10.7 Å². The van der Waals surface area contributed by atoms with Crippen LogP contribution in [-0.2, 0) is 10.0 Å². The van der Waals surface area contributed by atoms with Gasteiger partial charge >= 0.3 is 0 Å². The second-order valence-electron chi connectivity index (χ2n) is 5.54. The molecule has 7 heteroatoms. The van der Waals surface area contributed by atoms with Gasteiger partial charge in [0.15, 0.2) is 0 Å². The molecule has 1 saturated carbocycles. The third kappa shape index (κ3) is 2.58. The smallest absolute Gasteiger partial charge is 0.244 e. The number of benzene rings is 1. The molecule has 1 aromatic carbocycles. The summed E-state index contributed by atoms with van der Waals surface area (Å²) >= 11 is 0. The van der Waals surface area contributed by atoms with Gasteiger partial charge < -0.3 is 0 Å². The zero-order chi connectivity index (χ0) is 14.3. The van der Waals surface area contributed by atoms with Crippen LogP contribution in [0.3, 0.4) is 0 Å². The standard InChI is InChI=1S/C13H18FN3O2S/c1-8-12(9-6-7-9)15-16-13(8)17-20(18,19)11-5-3-2-4-10(11)14/h2-5,8-9,12-13,15-17H,6-7H2,1H3. The summed E-state index contributed by atoms with van der Waals surface area (Å²) in [5.41, 5.74) is 6.10. The molecule has 0 spiro atoms. The van der Waals surface area contributed by atoms with Gasteiger partial charge in [-0.15, -0.1) is 0 Å². The maximum Gasteiger partial charge on any atom is 0.244 e. The number of nitrogens with one attached hydrogen (secondary N) is 3. The Hall–Kier alpha value is -1.02. The van der Waals surface area contributed by atoms with Gasteiger partial charge in [-0.2, -0.15) is 4.72 Å². The van der Waals surface area contributed by atoms with Crippen LogP contribution in [-0.4, -0.2) is 20.6 Å². The van der Waals surface area contributed by atoms with Crippen LogP contribution in [0.5, 0.6) is 0 Å². The highest BCUT2D eigenvalue weighted by Crippen LogP contribution is 2.37. The molecule has 0 radical (unpaired) electrons. The van der Waals surface area contributed by atoms with Crippen molar-refractivity contribution in [2.45, 2.75) is 36.9 Å². The zero-order valence-electron chi connectivity index (χ0n) is 11.1. The molecule has 2 fully saturated rings. The fraction of sp³-hybridized carbons (Fsp3) is 0.538. The lowest BCUT2D eigenvalue weighted by atomic mass is 9.98. The Morgan fingerprint density at radius 2 is 1.95 bits per heavy atom. The third-order valence-electron chi connectivity index (χ3n) is 4.04. The maximum atomic E-state index is 13.6. The Balaban J connectivity index is 1.75. The van der Waals surface area contributed by atoms with E-state index in [1.165, 1.54) is 31.0 Å². The lowest BCUT2D eigenvalue weighted by Gasteiger charge is -2.19. The van der Waals surface area contributed by atoms with Crippen molar-refractivity contribution in [1.82, 2.24) is 15.6 Å². The predicted octanol–water partition coefficient (Wildman–Crippen LogP) is 0.953. The van der Waals surface area contributed by atoms with Crippen LogP contribution in [0.4, 0.5) is 4.39 Å². The van der Waals surface area contributed by atoms with Crippen molar-refractivity contribution in [3.63, 3.8) is 0 Å². The molecule has 20 heavy (non-hydrogen) atoms. The summed E-state index contributed by atoms with van der Waals surface area (Å²) in [5, 5.41) is 0. The van der Waals surface area contributed by atoms with Crippen molar-refractivity contribution in [2.75, 3.05) is 0 Å². The molecule has 0 aromatic heterocycles. The molecule has 3 atom stereocenters. The van der Waals surface area contributed by atoms with Crippen molar-refractivity contribution < 1.29 is 12.8 Å². The minimum absolute atomic E-state index is 0.115. The van der Waals surface area contributed by atoms with Gasteiger partial charge in [-0.1, -0.05) is 19.1 Å². The van der Waals surface area contributed by atoms with Crippen LogP contribution in [0.15, 0.2) is 29.2 Å². The summed E-state index contributed by atoms with van der Waals surface area (Å²) in [7, 11) is -3.86. The summed E-state index contributed by atoms with van der Waals surface area (Å²) < 4.78 is 40.6. The monoisotopic (exact) mass is 299 g/mol. The van der Waals surface area contributed by atoms with Crippen molar-refractivity contribution in [3.05, 3.63) is 30.1 Å². The molecule has 1 aliphatic carbocycles. The van der Waals surface area contributed by atoms with Gasteiger partial charge in [-0.3, -0.25) is 5.43 Å². The lowest BCUT2D eigenvalue weighted by molar-refractivity contribution is 0.398. The molecular formula is C13H18FN3O2S. The van der Waals surface area contributed by atoms with Crippen molar-refractivity contribution in [1.29, 1.82) is 0 Å². The van der Waals surface area contributed by atoms with Gasteiger partial charge in [-0.05, 0) is 30.9 Å². The molecule has 3 rings (SSSR count). The van der Waals surface area contributed by atoms with E-state index in [0.29, 0.717) is 5.92 Å². The van der Waals surface area contributed by atoms with E-state index in [1.54, 1.807) is 0 Å². The number of hydrogen-bond acceptors (Lipinski definition) is 4. The van der Waals surface area contributed by atoms with Crippen LogP contribution in [0.25, 0.3) is 0 Å². The summed E-state index contributed by atoms with van der Waals surface area (Å²) in [5.74, 6) is -0.0122. The van der Waals surface area contributed by atoms with Crippen LogP contribution in [0, 0.1) is 17.7 Å². The van der Waals surface area contributed by atoms with Crippen molar-refractivity contribution in [2.24, 2.45) is 11.8 Å². The largest absolute Gasteiger partial charge is 0.253 e. The fourth-order valence-corrected chi connectivity index (χ4v) is 4.01. The van der Waals surface area contributed by atoms with E-state index in [9.17, 15) is 12.8 Å². The molecule has 2 aliphatic rings. The predicted molar refractivity (Wildman–Crippen MR) is 72.5 cm³/mol. The summed E-state index contributed by atoms with van der Waals surface area (Å²) in [6.45, 7) is 1.99. The summed E-state index contributed by atoms with van der Waals surface area (Å²) in [6, 6.07) is 5.65. The van der Waals surface area contributed by atoms with Gasteiger partial charge in [0.2, 0.25) is 10.0 Å². The van der Waals surface area contributed by atoms with Gasteiger partial charge in [0, 0.05) is 12.0 Å². The minimum Gasteiger partial charge on any atom is -0.253 e. The number of halogens is 1. The highest BCUT2D eigenvalue weighted by atomic mass is 32.2. The van der Waals surface area contributed by atoms with E-state index in [-0.39, 0.29) is 16.9 Å². The molecule has 0 bridgehead atoms. The van der Waals surface area contributed by atoms with Crippen LogP contribution in [0.1, 0.15) is 19.8 Å². The molecule has 1 aliphatic heterocycles. The fourth-order valence-electron chi connectivity index (χ4n) is 2.69. The number of rotatable bonds is 4. The molecule has 3 N–H and O–H groups in total. The summed E-state index contributed by atoms with van der Waals surface area (Å²) in [6.07, 6.45) is 1.93. The zero-order valence-corrected chi connectivity index (χ0v) is 12.0. The normalized spacial score (nSPS) is 30.6. The van der Waals surface area contributed by atoms with Crippen LogP contribution in [0.2, 0.25) is 0 Å². The Bertz CT molecular complexity index is 603. The molecule has 0 amide bonds. The molecule has 3 unspecified atom stereocenters. The second-order valence-corrected chi connectivity index (χ2v) is 7.22. The van der Waals surface area contributed by atoms with E-state index in [1.807, 2.05) is 6.92 Å². The van der Waals surface area contributed by atoms with Crippen molar-refractivity contribution in [3.8, 4) is 0 Å². The Morgan fingerprint density at radius 3 is 2.60 bits per heavy atom. The number of sulfonamides is 1. The van der Waals surface area contributed by atoms with Gasteiger partial charge in [-0.25, -0.2) is 18.2 Å². The Morgan fingerprint density at radius 1 is 1.25 bits per heavy atom. The first-order valence-electron chi connectivity index (χ1n) is 6.77. The van der Waals surface area contributed by atoms with Crippen LogP contribution >= 0.6 is 0 Å². The number of hydrogen-bond donors (Lipinski definition) is 3. The SMILES string of the molecule is CC1C(NS(=O)(=O)c2ccccc2F)NNC1C1CC1. The Kier molecular flexibility index (Phi) is 3.53. The van der Waals surface area contributed by atoms with Gasteiger partial charge in [0.05, 0.1) is 6.17 Å². The second kappa shape index (κ2) is 5.07. The average Bonchev–Trinajstić information content (AvgIpc) is 3.17. The van der Waals surface area contributed by atoms with Crippen LogP contribution < -0.4 is 15.6 Å². The van der Waals surface area contributed by atoms with E-state index < -0.39 is 22.0 Å². The lowest BCUT2D eigenvalue weighted by Crippen LogP contribution is -2.46. The van der Waals surface area contributed by atoms with Gasteiger partial charge in [0.25, 0.3) is 0 Å². The van der Waals surface area contributed by atoms with E-state index in [2.05, 4.69) is 15.6 Å². The molecule has 1 heterocycles. The maximum absolute atomic E-state index is 13.6. The minimum atomic E-state index is -3.86.